The van der Waals surface area contributed by atoms with E-state index in [1.165, 1.54) is 17.0 Å². The van der Waals surface area contributed by atoms with Crippen LogP contribution in [0.3, 0.4) is 0 Å². The van der Waals surface area contributed by atoms with Gasteiger partial charge in [0.1, 0.15) is 18.3 Å². The van der Waals surface area contributed by atoms with Gasteiger partial charge in [-0.05, 0) is 80.4 Å². The monoisotopic (exact) mass is 691 g/mol. The van der Waals surface area contributed by atoms with Gasteiger partial charge in [0, 0.05) is 23.5 Å². The number of sulfonamides is 1. The Hall–Kier alpha value is -4.15. The lowest BCUT2D eigenvalue weighted by atomic mass is 10.0. The molecule has 0 heterocycles. The first-order chi connectivity index (χ1) is 21.6. The summed E-state index contributed by atoms with van der Waals surface area (Å²) >= 11 is 3.50. The molecule has 1 atom stereocenters. The predicted molar refractivity (Wildman–Crippen MR) is 180 cm³/mol. The number of nitrogens with zero attached hydrogens (tertiary/aromatic N) is 2. The van der Waals surface area contributed by atoms with Crippen molar-refractivity contribution >= 4 is 43.5 Å². The molecule has 0 aliphatic rings. The Morgan fingerprint density at radius 1 is 0.844 bits per heavy atom. The zero-order valence-corrected chi connectivity index (χ0v) is 28.0. The van der Waals surface area contributed by atoms with E-state index in [9.17, 15) is 18.0 Å². The minimum absolute atomic E-state index is 0.0450. The van der Waals surface area contributed by atoms with Crippen LogP contribution < -0.4 is 14.4 Å². The highest BCUT2D eigenvalue weighted by atomic mass is 79.9. The molecule has 0 aliphatic heterocycles. The lowest BCUT2D eigenvalue weighted by molar-refractivity contribution is -0.140. The standard InChI is InChI=1S/C35H38BrN3O5S/c1-4-44-31-20-18-30(19-21-31)39(45(42,43)32-16-9-6-10-17-32)25-34(40)38(24-28-14-11-15-29(36)22-28)33(35(41)37-26(2)3)23-27-12-7-5-8-13-27/h5-22,26,33H,4,23-25H2,1-3H3,(H,37,41)/t33-/m1/s1. The molecule has 45 heavy (non-hydrogen) atoms. The van der Waals surface area contributed by atoms with E-state index in [-0.39, 0.29) is 29.8 Å². The van der Waals surface area contributed by atoms with Crippen molar-refractivity contribution in [3.05, 3.63) is 125 Å². The second kappa shape index (κ2) is 15.7. The number of rotatable bonds is 14. The smallest absolute Gasteiger partial charge is 0.264 e. The van der Waals surface area contributed by atoms with E-state index < -0.39 is 28.5 Å². The second-order valence-corrected chi connectivity index (χ2v) is 13.6. The van der Waals surface area contributed by atoms with Gasteiger partial charge in [-0.1, -0.05) is 76.6 Å². The molecule has 8 nitrogen and oxygen atoms in total. The highest BCUT2D eigenvalue weighted by molar-refractivity contribution is 9.10. The van der Waals surface area contributed by atoms with Gasteiger partial charge in [-0.3, -0.25) is 13.9 Å². The maximum absolute atomic E-state index is 14.5. The number of halogens is 1. The molecular formula is C35H38BrN3O5S. The highest BCUT2D eigenvalue weighted by Crippen LogP contribution is 2.27. The number of anilines is 1. The Morgan fingerprint density at radius 3 is 2.07 bits per heavy atom. The zero-order chi connectivity index (χ0) is 32.4. The van der Waals surface area contributed by atoms with Crippen molar-refractivity contribution in [1.29, 1.82) is 0 Å². The normalized spacial score (nSPS) is 11.9. The first-order valence-electron chi connectivity index (χ1n) is 14.8. The van der Waals surface area contributed by atoms with E-state index in [0.29, 0.717) is 18.0 Å². The van der Waals surface area contributed by atoms with Crippen LogP contribution in [0.4, 0.5) is 5.69 Å². The van der Waals surface area contributed by atoms with Crippen molar-refractivity contribution < 1.29 is 22.7 Å². The van der Waals surface area contributed by atoms with Crippen LogP contribution in [0.15, 0.2) is 119 Å². The van der Waals surface area contributed by atoms with Gasteiger partial charge >= 0.3 is 0 Å². The Balaban J connectivity index is 1.80. The van der Waals surface area contributed by atoms with Crippen molar-refractivity contribution in [2.75, 3.05) is 17.5 Å². The molecule has 1 N–H and O–H groups in total. The molecule has 10 heteroatoms. The minimum Gasteiger partial charge on any atom is -0.494 e. The third-order valence-corrected chi connectivity index (χ3v) is 9.27. The molecule has 4 rings (SSSR count). The zero-order valence-electron chi connectivity index (χ0n) is 25.6. The molecule has 0 aromatic heterocycles. The van der Waals surface area contributed by atoms with Crippen molar-refractivity contribution in [3.63, 3.8) is 0 Å². The van der Waals surface area contributed by atoms with Gasteiger partial charge < -0.3 is 15.0 Å². The Kier molecular flexibility index (Phi) is 11.8. The van der Waals surface area contributed by atoms with Crippen molar-refractivity contribution in [3.8, 4) is 5.75 Å². The van der Waals surface area contributed by atoms with E-state index in [4.69, 9.17) is 4.74 Å². The quantitative estimate of drug-likeness (QED) is 0.170. The van der Waals surface area contributed by atoms with Gasteiger partial charge in [-0.25, -0.2) is 8.42 Å². The second-order valence-electron chi connectivity index (χ2n) is 10.8. The summed E-state index contributed by atoms with van der Waals surface area (Å²) in [6, 6.07) is 30.4. The molecular weight excluding hydrogens is 654 g/mol. The van der Waals surface area contributed by atoms with Crippen LogP contribution >= 0.6 is 15.9 Å². The summed E-state index contributed by atoms with van der Waals surface area (Å²) in [7, 11) is -4.17. The Labute approximate surface area is 274 Å². The molecule has 0 saturated heterocycles. The largest absolute Gasteiger partial charge is 0.494 e. The Bertz CT molecular complexity index is 1670. The van der Waals surface area contributed by atoms with E-state index in [1.807, 2.05) is 75.4 Å². The van der Waals surface area contributed by atoms with Gasteiger partial charge in [-0.15, -0.1) is 0 Å². The molecule has 0 fully saturated rings. The Morgan fingerprint density at radius 2 is 1.47 bits per heavy atom. The first-order valence-corrected chi connectivity index (χ1v) is 17.0. The molecule has 0 unspecified atom stereocenters. The van der Waals surface area contributed by atoms with Crippen LogP contribution in [0.25, 0.3) is 0 Å². The lowest BCUT2D eigenvalue weighted by Gasteiger charge is -2.34. The molecule has 0 bridgehead atoms. The van der Waals surface area contributed by atoms with E-state index in [2.05, 4.69) is 21.2 Å². The van der Waals surface area contributed by atoms with E-state index >= 15 is 0 Å². The molecule has 0 radical (unpaired) electrons. The number of ether oxygens (including phenoxy) is 1. The summed E-state index contributed by atoms with van der Waals surface area (Å²) in [6.45, 7) is 5.59. The maximum atomic E-state index is 14.5. The molecule has 4 aromatic carbocycles. The number of carbonyl (C=O) groups is 2. The van der Waals surface area contributed by atoms with Crippen molar-refractivity contribution in [1.82, 2.24) is 10.2 Å². The average molecular weight is 693 g/mol. The molecule has 0 aliphatic carbocycles. The van der Waals surface area contributed by atoms with Crippen LogP contribution in [-0.2, 0) is 32.6 Å². The van der Waals surface area contributed by atoms with E-state index in [0.717, 1.165) is 19.9 Å². The summed E-state index contributed by atoms with van der Waals surface area (Å²) in [4.78, 5) is 29.8. The van der Waals surface area contributed by atoms with Gasteiger partial charge in [0.15, 0.2) is 0 Å². The summed E-state index contributed by atoms with van der Waals surface area (Å²) in [5, 5.41) is 2.97. The first kappa shape index (κ1) is 33.7. The molecule has 4 aromatic rings. The third kappa shape index (κ3) is 9.18. The van der Waals surface area contributed by atoms with Crippen molar-refractivity contribution in [2.24, 2.45) is 0 Å². The summed E-state index contributed by atoms with van der Waals surface area (Å²) in [5.41, 5.74) is 1.95. The predicted octanol–water partition coefficient (Wildman–Crippen LogP) is 6.21. The third-order valence-electron chi connectivity index (χ3n) is 6.99. The highest BCUT2D eigenvalue weighted by Gasteiger charge is 2.34. The summed E-state index contributed by atoms with van der Waals surface area (Å²) in [5.74, 6) is -0.270. The average Bonchev–Trinajstić information content (AvgIpc) is 3.02. The topological polar surface area (TPSA) is 96.0 Å². The van der Waals surface area contributed by atoms with Crippen LogP contribution in [0.1, 0.15) is 31.9 Å². The molecule has 0 spiro atoms. The number of amides is 2. The van der Waals surface area contributed by atoms with Gasteiger partial charge in [0.05, 0.1) is 17.2 Å². The van der Waals surface area contributed by atoms with Gasteiger partial charge in [0.25, 0.3) is 10.0 Å². The minimum atomic E-state index is -4.17. The van der Waals surface area contributed by atoms with Gasteiger partial charge in [0.2, 0.25) is 11.8 Å². The number of carbonyl (C=O) groups excluding carboxylic acids is 2. The number of hydrogen-bond acceptors (Lipinski definition) is 5. The fraction of sp³-hybridized carbons (Fsp3) is 0.257. The SMILES string of the molecule is CCOc1ccc(N(CC(=O)N(Cc2cccc(Br)c2)[C@H](Cc2ccccc2)C(=O)NC(C)C)S(=O)(=O)c2ccccc2)cc1. The fourth-order valence-electron chi connectivity index (χ4n) is 4.89. The van der Waals surface area contributed by atoms with Crippen molar-refractivity contribution in [2.45, 2.75) is 50.7 Å². The molecule has 0 saturated carbocycles. The fourth-order valence-corrected chi connectivity index (χ4v) is 6.77. The number of nitrogens with one attached hydrogen (secondary N) is 1. The lowest BCUT2D eigenvalue weighted by Crippen LogP contribution is -2.54. The summed E-state index contributed by atoms with van der Waals surface area (Å²) < 4.78 is 35.6. The molecule has 236 valence electrons. The van der Waals surface area contributed by atoms with Crippen LogP contribution in [0.2, 0.25) is 0 Å². The van der Waals surface area contributed by atoms with Gasteiger partial charge in [-0.2, -0.15) is 0 Å². The van der Waals surface area contributed by atoms with E-state index in [1.54, 1.807) is 42.5 Å². The number of hydrogen-bond donors (Lipinski definition) is 1. The number of benzene rings is 4. The van der Waals surface area contributed by atoms with Crippen LogP contribution in [0.5, 0.6) is 5.75 Å². The maximum Gasteiger partial charge on any atom is 0.264 e. The van der Waals surface area contributed by atoms with Crippen LogP contribution in [0, 0.1) is 0 Å². The van der Waals surface area contributed by atoms with Crippen LogP contribution in [-0.4, -0.2) is 50.4 Å². The molecule has 2 amide bonds. The summed E-state index contributed by atoms with van der Waals surface area (Å²) in [6.07, 6.45) is 0.244.